The van der Waals surface area contributed by atoms with E-state index in [2.05, 4.69) is 39.0 Å². The number of nitrogens with zero attached hydrogens (tertiary/aromatic N) is 2. The Morgan fingerprint density at radius 2 is 1.83 bits per heavy atom. The molecule has 1 aromatic rings. The first kappa shape index (κ1) is 23.9. The van der Waals surface area contributed by atoms with Gasteiger partial charge in [0.1, 0.15) is 6.61 Å². The number of hydrogen-bond acceptors (Lipinski definition) is 6. The number of carbonyl (C=O) groups is 1. The van der Waals surface area contributed by atoms with Crippen LogP contribution in [0.2, 0.25) is 18.1 Å². The monoisotopic (exact) mass is 425 g/mol. The van der Waals surface area contributed by atoms with Gasteiger partial charge in [-0.3, -0.25) is 4.68 Å². The first-order valence-electron chi connectivity index (χ1n) is 10.0. The lowest BCUT2D eigenvalue weighted by atomic mass is 9.82. The van der Waals surface area contributed by atoms with Crippen molar-refractivity contribution in [3.63, 3.8) is 0 Å². The van der Waals surface area contributed by atoms with Crippen molar-refractivity contribution in [2.75, 3.05) is 6.61 Å². The quantitative estimate of drug-likeness (QED) is 0.675. The molecule has 10 heteroatoms. The smallest absolute Gasteiger partial charge is 0.447 e. The van der Waals surface area contributed by atoms with Crippen LogP contribution in [0.15, 0.2) is 12.4 Å². The van der Waals surface area contributed by atoms with Crippen LogP contribution in [0.4, 0.5) is 4.79 Å². The third-order valence-electron chi connectivity index (χ3n) is 6.25. The van der Waals surface area contributed by atoms with E-state index in [1.165, 1.54) is 0 Å². The minimum absolute atomic E-state index is 0.0238. The van der Waals surface area contributed by atoms with Crippen molar-refractivity contribution in [1.29, 1.82) is 0 Å². The molecule has 0 saturated carbocycles. The summed E-state index contributed by atoms with van der Waals surface area (Å²) < 4.78 is 25.4. The molecular weight excluding hydrogens is 389 g/mol. The van der Waals surface area contributed by atoms with Crippen LogP contribution in [0.1, 0.15) is 48.5 Å². The Hall–Kier alpha value is -1.36. The van der Waals surface area contributed by atoms with Crippen LogP contribution in [-0.4, -0.2) is 55.2 Å². The summed E-state index contributed by atoms with van der Waals surface area (Å²) >= 11 is 0. The van der Waals surface area contributed by atoms with Gasteiger partial charge in [-0.1, -0.05) is 20.8 Å². The zero-order valence-electron chi connectivity index (χ0n) is 19.2. The van der Waals surface area contributed by atoms with E-state index in [9.17, 15) is 4.79 Å². The molecule has 2 rings (SSSR count). The maximum atomic E-state index is 11.1. The van der Waals surface area contributed by atoms with E-state index in [1.807, 2.05) is 33.9 Å². The molecule has 1 atom stereocenters. The molecule has 1 fully saturated rings. The molecule has 0 bridgehead atoms. The topological polar surface area (TPSA) is 97.8 Å². The van der Waals surface area contributed by atoms with Crippen molar-refractivity contribution < 1.29 is 23.3 Å². The number of rotatable bonds is 7. The second-order valence-electron chi connectivity index (χ2n) is 10.2. The Morgan fingerprint density at radius 1 is 1.28 bits per heavy atom. The lowest BCUT2D eigenvalue weighted by molar-refractivity contribution is 0.00578. The number of nitrogens with two attached hydrogens (primary N) is 1. The summed E-state index contributed by atoms with van der Waals surface area (Å²) in [5.74, 6) is 0. The predicted molar refractivity (Wildman–Crippen MR) is 116 cm³/mol. The highest BCUT2D eigenvalue weighted by atomic mass is 28.4. The van der Waals surface area contributed by atoms with Gasteiger partial charge in [0.05, 0.1) is 23.9 Å². The largest absolute Gasteiger partial charge is 0.498 e. The van der Waals surface area contributed by atoms with Gasteiger partial charge in [0.2, 0.25) is 0 Å². The fraction of sp³-hybridized carbons (Fsp3) is 0.789. The van der Waals surface area contributed by atoms with Gasteiger partial charge in [-0.2, -0.15) is 5.10 Å². The van der Waals surface area contributed by atoms with Crippen LogP contribution < -0.4 is 11.2 Å². The standard InChI is InChI=1S/C19H36BN3O5Si/c1-17(2,3)29(8,9)26-15(13-25-16(21)24)12-23-11-14(10-22-23)20-27-18(4,5)19(6,7)28-20/h10-11,15H,12-13H2,1-9H3,(H2,21,24). The zero-order valence-corrected chi connectivity index (χ0v) is 20.2. The highest BCUT2D eigenvalue weighted by Crippen LogP contribution is 2.38. The van der Waals surface area contributed by atoms with Gasteiger partial charge < -0.3 is 24.2 Å². The SMILES string of the molecule is CC1(C)OB(c2cnn(CC(COC(N)=O)O[Si](C)(C)C(C)(C)C)c2)OC1(C)C. The van der Waals surface area contributed by atoms with Gasteiger partial charge in [0.25, 0.3) is 0 Å². The molecule has 8 nitrogen and oxygen atoms in total. The maximum absolute atomic E-state index is 11.1. The molecule has 1 unspecified atom stereocenters. The number of amides is 1. The van der Waals surface area contributed by atoms with Crippen molar-refractivity contribution in [2.45, 2.75) is 90.4 Å². The van der Waals surface area contributed by atoms with Crippen molar-refractivity contribution in [2.24, 2.45) is 5.73 Å². The van der Waals surface area contributed by atoms with Crippen molar-refractivity contribution in [1.82, 2.24) is 9.78 Å². The van der Waals surface area contributed by atoms with Crippen molar-refractivity contribution in [3.8, 4) is 0 Å². The van der Waals surface area contributed by atoms with E-state index in [0.717, 1.165) is 5.46 Å². The molecule has 1 amide bonds. The summed E-state index contributed by atoms with van der Waals surface area (Å²) in [4.78, 5) is 11.1. The highest BCUT2D eigenvalue weighted by molar-refractivity contribution is 6.74. The zero-order chi connectivity index (χ0) is 22.3. The fourth-order valence-electron chi connectivity index (χ4n) is 2.68. The number of ether oxygens (including phenoxy) is 1. The van der Waals surface area contributed by atoms with Crippen molar-refractivity contribution in [3.05, 3.63) is 12.4 Å². The molecule has 0 spiro atoms. The van der Waals surface area contributed by atoms with Gasteiger partial charge in [0, 0.05) is 17.9 Å². The summed E-state index contributed by atoms with van der Waals surface area (Å²) in [5, 5.41) is 4.46. The molecule has 0 radical (unpaired) electrons. The second kappa shape index (κ2) is 8.05. The third kappa shape index (κ3) is 5.62. The molecule has 164 valence electrons. The molecule has 2 heterocycles. The van der Waals surface area contributed by atoms with Gasteiger partial charge in [-0.05, 0) is 45.8 Å². The van der Waals surface area contributed by atoms with Gasteiger partial charge in [-0.15, -0.1) is 0 Å². The minimum atomic E-state index is -2.07. The van der Waals surface area contributed by atoms with Crippen LogP contribution in [0.3, 0.4) is 0 Å². The van der Waals surface area contributed by atoms with Gasteiger partial charge in [-0.25, -0.2) is 4.79 Å². The predicted octanol–water partition coefficient (Wildman–Crippen LogP) is 2.67. The van der Waals surface area contributed by atoms with Gasteiger partial charge in [0.15, 0.2) is 8.32 Å². The van der Waals surface area contributed by atoms with E-state index in [0.29, 0.717) is 6.54 Å². The Kier molecular flexibility index (Phi) is 6.64. The lowest BCUT2D eigenvalue weighted by Gasteiger charge is -2.39. The highest BCUT2D eigenvalue weighted by Gasteiger charge is 2.52. The molecule has 1 aliphatic heterocycles. The second-order valence-corrected chi connectivity index (χ2v) is 15.0. The maximum Gasteiger partial charge on any atom is 0.498 e. The Morgan fingerprint density at radius 3 is 2.31 bits per heavy atom. The van der Waals surface area contributed by atoms with Crippen LogP contribution >= 0.6 is 0 Å². The van der Waals surface area contributed by atoms with Crippen LogP contribution in [-0.2, 0) is 25.0 Å². The summed E-state index contributed by atoms with van der Waals surface area (Å²) in [6, 6.07) is 0. The number of hydrogen-bond donors (Lipinski definition) is 1. The summed E-state index contributed by atoms with van der Waals surface area (Å²) in [5.41, 5.74) is 5.17. The Bertz CT molecular complexity index is 714. The molecule has 2 N–H and O–H groups in total. The third-order valence-corrected chi connectivity index (χ3v) is 10.8. The lowest BCUT2D eigenvalue weighted by Crippen LogP contribution is -2.46. The van der Waals surface area contributed by atoms with E-state index >= 15 is 0 Å². The number of carbonyl (C=O) groups excluding carboxylic acids is 1. The molecule has 1 saturated heterocycles. The summed E-state index contributed by atoms with van der Waals surface area (Å²) in [6.07, 6.45) is 2.45. The Labute approximate surface area is 175 Å². The van der Waals surface area contributed by atoms with Gasteiger partial charge >= 0.3 is 13.2 Å². The minimum Gasteiger partial charge on any atom is -0.447 e. The van der Waals surface area contributed by atoms with E-state index < -0.39 is 32.7 Å². The van der Waals surface area contributed by atoms with Crippen LogP contribution in [0.5, 0.6) is 0 Å². The Balaban J connectivity index is 2.13. The van der Waals surface area contributed by atoms with Crippen LogP contribution in [0.25, 0.3) is 0 Å². The molecule has 1 aliphatic rings. The first-order valence-corrected chi connectivity index (χ1v) is 12.9. The summed E-state index contributed by atoms with van der Waals surface area (Å²) in [7, 11) is -2.55. The molecule has 29 heavy (non-hydrogen) atoms. The molecule has 0 aliphatic carbocycles. The van der Waals surface area contributed by atoms with Crippen molar-refractivity contribution >= 4 is 27.0 Å². The number of primary amides is 1. The van der Waals surface area contributed by atoms with E-state index in [-0.39, 0.29) is 17.7 Å². The number of aromatic nitrogens is 2. The fourth-order valence-corrected chi connectivity index (χ4v) is 4.01. The average molecular weight is 425 g/mol. The summed E-state index contributed by atoms with van der Waals surface area (Å²) in [6.45, 7) is 19.4. The average Bonchev–Trinajstić information content (AvgIpc) is 3.06. The molecule has 1 aromatic heterocycles. The molecule has 0 aromatic carbocycles. The van der Waals surface area contributed by atoms with E-state index in [1.54, 1.807) is 10.9 Å². The first-order chi connectivity index (χ1) is 13.0. The normalized spacial score (nSPS) is 20.0. The van der Waals surface area contributed by atoms with E-state index in [4.69, 9.17) is 24.2 Å². The van der Waals surface area contributed by atoms with Crippen LogP contribution in [0, 0.1) is 0 Å². The molecular formula is C19H36BN3O5Si.